The first kappa shape index (κ1) is 24.7. The molecular formula is C28H28FN9O. The second-order valence-corrected chi connectivity index (χ2v) is 10.9. The number of rotatable bonds is 6. The maximum Gasteiger partial charge on any atom is 0.166 e. The highest BCUT2D eigenvalue weighted by molar-refractivity contribution is 5.96. The number of pyridine rings is 2. The summed E-state index contributed by atoms with van der Waals surface area (Å²) in [6.07, 6.45) is 8.39. The summed E-state index contributed by atoms with van der Waals surface area (Å²) in [6.45, 7) is 8.09. The van der Waals surface area contributed by atoms with E-state index >= 15 is 4.39 Å². The van der Waals surface area contributed by atoms with E-state index in [4.69, 9.17) is 4.98 Å². The minimum absolute atomic E-state index is 0.0471. The van der Waals surface area contributed by atoms with Crippen LogP contribution in [0.2, 0.25) is 0 Å². The molecule has 6 aromatic rings. The first-order valence-electron chi connectivity index (χ1n) is 12.6. The van der Waals surface area contributed by atoms with E-state index < -0.39 is 12.0 Å². The number of benzene rings is 1. The van der Waals surface area contributed by atoms with Crippen LogP contribution >= 0.6 is 0 Å². The summed E-state index contributed by atoms with van der Waals surface area (Å²) in [7, 11) is 0. The standard InChI is InChI=1S/C28H28FN9O/c1-15-13-38(14-32-15)27-25-21(5-6-31-27)34-26(35-25)24-19-8-16(9-20(29)23(19)36-37-24)17-7-18(12-30-11-17)33-22(39)10-28(2,3)4/h5-9,11-14,22,33,39H,10H2,1-4H3,(H,34,35)(H,36,37). The minimum atomic E-state index is -0.736. The highest BCUT2D eigenvalue weighted by atomic mass is 19.1. The first-order chi connectivity index (χ1) is 18.6. The zero-order chi connectivity index (χ0) is 27.3. The van der Waals surface area contributed by atoms with Crippen LogP contribution in [0.1, 0.15) is 32.9 Å². The van der Waals surface area contributed by atoms with Crippen molar-refractivity contribution in [3.8, 4) is 28.5 Å². The highest BCUT2D eigenvalue weighted by Crippen LogP contribution is 2.33. The molecule has 39 heavy (non-hydrogen) atoms. The third kappa shape index (κ3) is 4.84. The summed E-state index contributed by atoms with van der Waals surface area (Å²) < 4.78 is 17.1. The Balaban J connectivity index is 1.39. The molecule has 6 rings (SSSR count). The fourth-order valence-electron chi connectivity index (χ4n) is 4.69. The molecule has 0 aliphatic rings. The van der Waals surface area contributed by atoms with Crippen LogP contribution in [0, 0.1) is 18.2 Å². The number of aryl methyl sites for hydroxylation is 1. The number of imidazole rings is 2. The second-order valence-electron chi connectivity index (χ2n) is 10.9. The Morgan fingerprint density at radius 3 is 2.72 bits per heavy atom. The fourth-order valence-corrected chi connectivity index (χ4v) is 4.69. The molecule has 0 aliphatic heterocycles. The van der Waals surface area contributed by atoms with Crippen molar-refractivity contribution < 1.29 is 9.50 Å². The minimum Gasteiger partial charge on any atom is -0.374 e. The van der Waals surface area contributed by atoms with Gasteiger partial charge in [0.1, 0.15) is 29.3 Å². The molecule has 0 aliphatic carbocycles. The molecule has 11 heteroatoms. The van der Waals surface area contributed by atoms with Crippen LogP contribution in [0.4, 0.5) is 10.1 Å². The number of H-pyrrole nitrogens is 2. The maximum atomic E-state index is 15.2. The van der Waals surface area contributed by atoms with Crippen molar-refractivity contribution in [3.05, 3.63) is 66.9 Å². The number of aromatic amines is 2. The fraction of sp³-hybridized carbons (Fsp3) is 0.250. The first-order valence-corrected chi connectivity index (χ1v) is 12.6. The number of nitrogens with one attached hydrogen (secondary N) is 3. The summed E-state index contributed by atoms with van der Waals surface area (Å²) in [4.78, 5) is 21.2. The molecule has 5 aromatic heterocycles. The van der Waals surface area contributed by atoms with Crippen LogP contribution in [0.3, 0.4) is 0 Å². The summed E-state index contributed by atoms with van der Waals surface area (Å²) in [5, 5.41) is 21.3. The molecule has 0 radical (unpaired) electrons. The molecule has 10 nitrogen and oxygen atoms in total. The molecule has 0 amide bonds. The van der Waals surface area contributed by atoms with E-state index in [2.05, 4.69) is 56.2 Å². The third-order valence-corrected chi connectivity index (χ3v) is 6.40. The van der Waals surface area contributed by atoms with Crippen LogP contribution < -0.4 is 5.32 Å². The molecular weight excluding hydrogens is 497 g/mol. The summed E-state index contributed by atoms with van der Waals surface area (Å²) in [5.74, 6) is 0.674. The lowest BCUT2D eigenvalue weighted by Gasteiger charge is -2.23. The van der Waals surface area contributed by atoms with Gasteiger partial charge in [-0.25, -0.2) is 19.3 Å². The van der Waals surface area contributed by atoms with E-state index in [1.807, 2.05) is 35.9 Å². The molecule has 0 bridgehead atoms. The van der Waals surface area contributed by atoms with Crippen LogP contribution in [-0.2, 0) is 0 Å². The number of nitrogens with zero attached hydrogens (tertiary/aromatic N) is 6. The predicted molar refractivity (Wildman–Crippen MR) is 148 cm³/mol. The molecule has 198 valence electrons. The van der Waals surface area contributed by atoms with E-state index in [0.717, 1.165) is 11.2 Å². The molecule has 0 fully saturated rings. The average molecular weight is 526 g/mol. The van der Waals surface area contributed by atoms with E-state index in [1.165, 1.54) is 6.07 Å². The number of halogens is 1. The van der Waals surface area contributed by atoms with Gasteiger partial charge in [0.2, 0.25) is 0 Å². The lowest BCUT2D eigenvalue weighted by Crippen LogP contribution is -2.25. The van der Waals surface area contributed by atoms with Gasteiger partial charge in [0.05, 0.1) is 23.1 Å². The summed E-state index contributed by atoms with van der Waals surface area (Å²) in [6, 6.07) is 6.96. The largest absolute Gasteiger partial charge is 0.374 e. The molecule has 0 saturated carbocycles. The second kappa shape index (κ2) is 9.28. The smallest absolute Gasteiger partial charge is 0.166 e. The van der Waals surface area contributed by atoms with Gasteiger partial charge in [-0.15, -0.1) is 0 Å². The maximum absolute atomic E-state index is 15.2. The molecule has 1 aromatic carbocycles. The number of hydrogen-bond acceptors (Lipinski definition) is 7. The van der Waals surface area contributed by atoms with Gasteiger partial charge in [0.15, 0.2) is 17.5 Å². The number of aliphatic hydroxyl groups is 1. The number of aromatic nitrogens is 8. The molecule has 4 N–H and O–H groups in total. The Morgan fingerprint density at radius 1 is 1.10 bits per heavy atom. The van der Waals surface area contributed by atoms with Crippen molar-refractivity contribution in [2.24, 2.45) is 5.41 Å². The van der Waals surface area contributed by atoms with Gasteiger partial charge in [-0.2, -0.15) is 5.10 Å². The van der Waals surface area contributed by atoms with Crippen molar-refractivity contribution in [1.82, 2.24) is 39.7 Å². The Morgan fingerprint density at radius 2 is 1.95 bits per heavy atom. The average Bonchev–Trinajstić information content (AvgIpc) is 3.60. The molecule has 0 spiro atoms. The SMILES string of the molecule is Cc1cn(-c2nccc3[nH]c(-c4[nH]nc5c(F)cc(-c6cncc(NC(O)CC(C)(C)C)c6)cc45)nc23)cn1. The third-order valence-electron chi connectivity index (χ3n) is 6.40. The van der Waals surface area contributed by atoms with E-state index in [0.29, 0.717) is 51.5 Å². The number of aliphatic hydroxyl groups excluding tert-OH is 1. The monoisotopic (exact) mass is 525 g/mol. The van der Waals surface area contributed by atoms with E-state index in [-0.39, 0.29) is 10.9 Å². The van der Waals surface area contributed by atoms with Crippen LogP contribution in [0.25, 0.3) is 50.4 Å². The lowest BCUT2D eigenvalue weighted by molar-refractivity contribution is 0.145. The van der Waals surface area contributed by atoms with Crippen molar-refractivity contribution in [1.29, 1.82) is 0 Å². The Bertz CT molecular complexity index is 1810. The Kier molecular flexibility index (Phi) is 5.87. The Hall–Kier alpha value is -4.64. The molecule has 5 heterocycles. The Labute approximate surface area is 223 Å². The van der Waals surface area contributed by atoms with Crippen LogP contribution in [0.5, 0.6) is 0 Å². The van der Waals surface area contributed by atoms with Crippen LogP contribution in [0.15, 0.2) is 55.4 Å². The van der Waals surface area contributed by atoms with Crippen molar-refractivity contribution >= 4 is 27.6 Å². The van der Waals surface area contributed by atoms with Gasteiger partial charge in [0, 0.05) is 29.5 Å². The van der Waals surface area contributed by atoms with Gasteiger partial charge in [-0.05, 0) is 48.6 Å². The predicted octanol–water partition coefficient (Wildman–Crippen LogP) is 5.36. The van der Waals surface area contributed by atoms with Gasteiger partial charge in [0.25, 0.3) is 0 Å². The van der Waals surface area contributed by atoms with Gasteiger partial charge in [-0.1, -0.05) is 20.8 Å². The lowest BCUT2D eigenvalue weighted by atomic mass is 9.91. The van der Waals surface area contributed by atoms with Gasteiger partial charge >= 0.3 is 0 Å². The van der Waals surface area contributed by atoms with Crippen molar-refractivity contribution in [2.45, 2.75) is 40.3 Å². The number of hydrogen-bond donors (Lipinski definition) is 4. The quantitative estimate of drug-likeness (QED) is 0.215. The van der Waals surface area contributed by atoms with E-state index in [1.54, 1.807) is 24.9 Å². The van der Waals surface area contributed by atoms with Crippen LogP contribution in [-0.4, -0.2) is 51.0 Å². The van der Waals surface area contributed by atoms with Crippen molar-refractivity contribution in [3.63, 3.8) is 0 Å². The highest BCUT2D eigenvalue weighted by Gasteiger charge is 2.19. The molecule has 1 atom stereocenters. The summed E-state index contributed by atoms with van der Waals surface area (Å²) >= 11 is 0. The van der Waals surface area contributed by atoms with E-state index in [9.17, 15) is 5.11 Å². The zero-order valence-electron chi connectivity index (χ0n) is 22.0. The van der Waals surface area contributed by atoms with Gasteiger partial charge < -0.3 is 15.4 Å². The number of anilines is 1. The topological polar surface area (TPSA) is 133 Å². The normalized spacial score (nSPS) is 12.9. The van der Waals surface area contributed by atoms with Crippen molar-refractivity contribution in [2.75, 3.05) is 5.32 Å². The number of fused-ring (bicyclic) bond motifs is 2. The molecule has 0 saturated heterocycles. The van der Waals surface area contributed by atoms with Gasteiger partial charge in [-0.3, -0.25) is 14.6 Å². The summed E-state index contributed by atoms with van der Waals surface area (Å²) in [5.41, 5.74) is 4.97. The molecule has 1 unspecified atom stereocenters. The zero-order valence-corrected chi connectivity index (χ0v) is 22.0.